The molecule has 1 saturated heterocycles. The number of hydrogen-bond acceptors (Lipinski definition) is 3. The van der Waals surface area contributed by atoms with Crippen LogP contribution in [0.5, 0.6) is 0 Å². The van der Waals surface area contributed by atoms with Crippen LogP contribution in [-0.4, -0.2) is 29.9 Å². The second kappa shape index (κ2) is 7.47. The molecule has 0 bridgehead atoms. The number of ketones is 1. The number of allylic oxidation sites excluding steroid dienone is 1. The Morgan fingerprint density at radius 3 is 2.43 bits per heavy atom. The van der Waals surface area contributed by atoms with Crippen molar-refractivity contribution in [1.82, 2.24) is 4.90 Å². The fourth-order valence-corrected chi connectivity index (χ4v) is 4.26. The van der Waals surface area contributed by atoms with Gasteiger partial charge in [0.1, 0.15) is 6.61 Å². The molecule has 23 heavy (non-hydrogen) atoms. The summed E-state index contributed by atoms with van der Waals surface area (Å²) in [5, 5.41) is 0. The molecular weight excluding hydrogens is 405 g/mol. The SMILES string of the molecule is O=C(/C(=C(\I)N1CCOC1=O)c1ccccc1)C1CCCCC1. The van der Waals surface area contributed by atoms with E-state index in [4.69, 9.17) is 4.74 Å². The number of carbonyl (C=O) groups excluding carboxylic acids is 2. The first-order chi connectivity index (χ1) is 11.2. The zero-order valence-corrected chi connectivity index (χ0v) is 15.1. The number of rotatable bonds is 4. The lowest BCUT2D eigenvalue weighted by Crippen LogP contribution is -2.26. The Morgan fingerprint density at radius 2 is 1.83 bits per heavy atom. The Kier molecular flexibility index (Phi) is 5.35. The summed E-state index contributed by atoms with van der Waals surface area (Å²) in [6.07, 6.45) is 4.97. The van der Waals surface area contributed by atoms with Crippen LogP contribution in [0.4, 0.5) is 4.79 Å². The third-order valence-electron chi connectivity index (χ3n) is 4.49. The second-order valence-electron chi connectivity index (χ2n) is 6.00. The number of cyclic esters (lactones) is 1. The van der Waals surface area contributed by atoms with Crippen LogP contribution in [0.25, 0.3) is 5.57 Å². The van der Waals surface area contributed by atoms with Crippen molar-refractivity contribution in [2.75, 3.05) is 13.2 Å². The topological polar surface area (TPSA) is 46.6 Å². The van der Waals surface area contributed by atoms with Crippen LogP contribution in [0.3, 0.4) is 0 Å². The highest BCUT2D eigenvalue weighted by Gasteiger charge is 2.32. The Morgan fingerprint density at radius 1 is 1.13 bits per heavy atom. The van der Waals surface area contributed by atoms with E-state index in [0.29, 0.717) is 22.4 Å². The number of halogens is 1. The van der Waals surface area contributed by atoms with E-state index in [1.807, 2.05) is 30.3 Å². The van der Waals surface area contributed by atoms with Crippen molar-refractivity contribution in [1.29, 1.82) is 0 Å². The van der Waals surface area contributed by atoms with E-state index in [1.54, 1.807) is 4.90 Å². The Balaban J connectivity index is 1.99. The zero-order valence-electron chi connectivity index (χ0n) is 13.0. The van der Waals surface area contributed by atoms with Gasteiger partial charge in [0.2, 0.25) is 0 Å². The summed E-state index contributed by atoms with van der Waals surface area (Å²) in [6.45, 7) is 0.885. The van der Waals surface area contributed by atoms with Gasteiger partial charge in [0.15, 0.2) is 5.78 Å². The summed E-state index contributed by atoms with van der Waals surface area (Å²) in [6, 6.07) is 9.67. The number of ether oxygens (including phenoxy) is 1. The molecule has 1 amide bonds. The highest BCUT2D eigenvalue weighted by atomic mass is 127. The lowest BCUT2D eigenvalue weighted by atomic mass is 9.82. The van der Waals surface area contributed by atoms with Crippen LogP contribution >= 0.6 is 22.6 Å². The molecule has 0 atom stereocenters. The first-order valence-electron chi connectivity index (χ1n) is 8.12. The van der Waals surface area contributed by atoms with Crippen molar-refractivity contribution in [2.45, 2.75) is 32.1 Å². The minimum absolute atomic E-state index is 0.0716. The Labute approximate surface area is 150 Å². The first-order valence-corrected chi connectivity index (χ1v) is 9.20. The summed E-state index contributed by atoms with van der Waals surface area (Å²) < 4.78 is 5.72. The molecular formula is C18H20INO3. The van der Waals surface area contributed by atoms with Crippen LogP contribution in [0.2, 0.25) is 0 Å². The van der Waals surface area contributed by atoms with Gasteiger partial charge >= 0.3 is 6.09 Å². The molecule has 1 aromatic carbocycles. The molecule has 1 aromatic rings. The molecule has 4 nitrogen and oxygen atoms in total. The molecule has 2 fully saturated rings. The molecule has 3 rings (SSSR count). The van der Waals surface area contributed by atoms with Crippen LogP contribution in [0.15, 0.2) is 34.0 Å². The number of carbonyl (C=O) groups is 2. The summed E-state index contributed by atoms with van der Waals surface area (Å²) in [5.41, 5.74) is 1.55. The van der Waals surface area contributed by atoms with Gasteiger partial charge in [-0.2, -0.15) is 0 Å². The van der Waals surface area contributed by atoms with Gasteiger partial charge in [-0.3, -0.25) is 9.69 Å². The number of benzene rings is 1. The summed E-state index contributed by atoms with van der Waals surface area (Å²) in [5.74, 6) is 0.238. The fraction of sp³-hybridized carbons (Fsp3) is 0.444. The standard InChI is InChI=1S/C18H20INO3/c19-17(20-11-12-23-18(20)22)15(13-7-3-1-4-8-13)16(21)14-9-5-2-6-10-14/h1,3-4,7-8,14H,2,5-6,9-12H2/b17-15+. The average Bonchev–Trinajstić information content (AvgIpc) is 3.03. The third kappa shape index (κ3) is 3.59. The molecule has 122 valence electrons. The maximum Gasteiger partial charge on any atom is 0.414 e. The van der Waals surface area contributed by atoms with E-state index in [-0.39, 0.29) is 17.8 Å². The van der Waals surface area contributed by atoms with Crippen molar-refractivity contribution in [3.8, 4) is 0 Å². The van der Waals surface area contributed by atoms with Gasteiger partial charge in [-0.05, 0) is 41.0 Å². The molecule has 5 heteroatoms. The molecule has 0 spiro atoms. The van der Waals surface area contributed by atoms with Crippen molar-refractivity contribution >= 4 is 40.0 Å². The van der Waals surface area contributed by atoms with E-state index in [2.05, 4.69) is 22.6 Å². The summed E-state index contributed by atoms with van der Waals surface area (Å²) >= 11 is 2.12. The monoisotopic (exact) mass is 425 g/mol. The molecule has 0 aromatic heterocycles. The average molecular weight is 425 g/mol. The smallest absolute Gasteiger partial charge is 0.414 e. The van der Waals surface area contributed by atoms with E-state index in [1.165, 1.54) is 6.42 Å². The minimum atomic E-state index is -0.362. The molecule has 1 aliphatic heterocycles. The quantitative estimate of drug-likeness (QED) is 0.409. The summed E-state index contributed by atoms with van der Waals surface area (Å²) in [7, 11) is 0. The van der Waals surface area contributed by atoms with Gasteiger partial charge in [-0.15, -0.1) is 0 Å². The van der Waals surface area contributed by atoms with Crippen molar-refractivity contribution in [3.63, 3.8) is 0 Å². The second-order valence-corrected chi connectivity index (χ2v) is 7.02. The molecule has 0 N–H and O–H groups in total. The van der Waals surface area contributed by atoms with E-state index in [0.717, 1.165) is 31.2 Å². The van der Waals surface area contributed by atoms with E-state index in [9.17, 15) is 9.59 Å². The normalized spacial score (nSPS) is 20.2. The van der Waals surface area contributed by atoms with Gasteiger partial charge in [0.05, 0.1) is 15.8 Å². The van der Waals surface area contributed by atoms with Gasteiger partial charge < -0.3 is 4.74 Å². The third-order valence-corrected chi connectivity index (χ3v) is 5.61. The maximum absolute atomic E-state index is 13.2. The lowest BCUT2D eigenvalue weighted by molar-refractivity contribution is -0.118. The maximum atomic E-state index is 13.2. The van der Waals surface area contributed by atoms with Crippen molar-refractivity contribution in [2.24, 2.45) is 5.92 Å². The van der Waals surface area contributed by atoms with Crippen molar-refractivity contribution in [3.05, 3.63) is 39.6 Å². The lowest BCUT2D eigenvalue weighted by Gasteiger charge is -2.24. The highest BCUT2D eigenvalue weighted by molar-refractivity contribution is 14.1. The largest absolute Gasteiger partial charge is 0.447 e. The minimum Gasteiger partial charge on any atom is -0.447 e. The van der Waals surface area contributed by atoms with Crippen LogP contribution in [0.1, 0.15) is 37.7 Å². The summed E-state index contributed by atoms with van der Waals surface area (Å²) in [4.78, 5) is 26.6. The molecule has 0 radical (unpaired) electrons. The molecule has 2 aliphatic rings. The van der Waals surface area contributed by atoms with E-state index < -0.39 is 0 Å². The zero-order chi connectivity index (χ0) is 16.2. The fourth-order valence-electron chi connectivity index (χ4n) is 3.24. The van der Waals surface area contributed by atoms with Gasteiger partial charge in [-0.1, -0.05) is 49.6 Å². The predicted octanol–water partition coefficient (Wildman–Crippen LogP) is 4.39. The highest BCUT2D eigenvalue weighted by Crippen LogP contribution is 2.35. The molecule has 1 saturated carbocycles. The first kappa shape index (κ1) is 16.5. The molecule has 0 unspecified atom stereocenters. The Bertz CT molecular complexity index is 620. The van der Waals surface area contributed by atoms with Gasteiger partial charge in [0.25, 0.3) is 0 Å². The van der Waals surface area contributed by atoms with Crippen LogP contribution in [0, 0.1) is 5.92 Å². The molecule has 1 heterocycles. The van der Waals surface area contributed by atoms with Gasteiger partial charge in [0, 0.05) is 5.92 Å². The molecule has 1 aliphatic carbocycles. The number of Topliss-reactive ketones (excluding diaryl/α,β-unsaturated/α-hetero) is 1. The Hall–Kier alpha value is -1.37. The van der Waals surface area contributed by atoms with E-state index >= 15 is 0 Å². The van der Waals surface area contributed by atoms with Crippen LogP contribution in [-0.2, 0) is 9.53 Å². The predicted molar refractivity (Wildman–Crippen MR) is 97.0 cm³/mol. The van der Waals surface area contributed by atoms with Crippen LogP contribution < -0.4 is 0 Å². The number of hydrogen-bond donors (Lipinski definition) is 0. The van der Waals surface area contributed by atoms with Gasteiger partial charge in [-0.25, -0.2) is 4.79 Å². The van der Waals surface area contributed by atoms with Crippen molar-refractivity contribution < 1.29 is 14.3 Å². The number of nitrogens with zero attached hydrogens (tertiary/aromatic N) is 1. The number of amides is 1.